The van der Waals surface area contributed by atoms with E-state index in [4.69, 9.17) is 4.74 Å². The van der Waals surface area contributed by atoms with Crippen LogP contribution in [-0.2, 0) is 11.2 Å². The Labute approximate surface area is 167 Å². The van der Waals surface area contributed by atoms with Gasteiger partial charge in [0.1, 0.15) is 10.6 Å². The Morgan fingerprint density at radius 2 is 2.00 bits per heavy atom. The average Bonchev–Trinajstić information content (AvgIpc) is 3.07. The Balaban J connectivity index is 1.75. The summed E-state index contributed by atoms with van der Waals surface area (Å²) in [5.74, 6) is -0.360. The van der Waals surface area contributed by atoms with Gasteiger partial charge in [0.15, 0.2) is 0 Å². The number of ether oxygens (including phenoxy) is 1. The first kappa shape index (κ1) is 18.4. The maximum absolute atomic E-state index is 13.2. The van der Waals surface area contributed by atoms with Crippen LogP contribution in [0.4, 0.5) is 5.69 Å². The molecule has 0 fully saturated rings. The lowest BCUT2D eigenvalue weighted by Gasteiger charge is -2.22. The van der Waals surface area contributed by atoms with Gasteiger partial charge in [-0.1, -0.05) is 17.7 Å². The molecule has 0 atom stereocenters. The zero-order chi connectivity index (χ0) is 19.7. The molecule has 0 saturated carbocycles. The minimum absolute atomic E-state index is 0.0463. The monoisotopic (exact) mass is 392 g/mol. The van der Waals surface area contributed by atoms with E-state index >= 15 is 0 Å². The number of anilines is 1. The molecule has 142 valence electrons. The molecule has 1 aliphatic rings. The van der Waals surface area contributed by atoms with Crippen LogP contribution in [0.25, 0.3) is 10.6 Å². The highest BCUT2D eigenvalue weighted by molar-refractivity contribution is 7.17. The van der Waals surface area contributed by atoms with Crippen molar-refractivity contribution < 1.29 is 14.3 Å². The third-order valence-corrected chi connectivity index (χ3v) is 5.89. The van der Waals surface area contributed by atoms with Crippen LogP contribution in [-0.4, -0.2) is 30.0 Å². The number of aromatic nitrogens is 1. The van der Waals surface area contributed by atoms with Crippen LogP contribution in [0.1, 0.15) is 38.1 Å². The number of rotatable bonds is 3. The number of hydrogen-bond acceptors (Lipinski definition) is 5. The van der Waals surface area contributed by atoms with Gasteiger partial charge in [0, 0.05) is 18.3 Å². The molecule has 1 aliphatic heterocycles. The zero-order valence-electron chi connectivity index (χ0n) is 15.8. The first-order valence-electron chi connectivity index (χ1n) is 9.22. The number of thiophene rings is 1. The summed E-state index contributed by atoms with van der Waals surface area (Å²) in [6.45, 7) is 4.66. The molecule has 1 amide bonds. The molecule has 0 aliphatic carbocycles. The summed E-state index contributed by atoms with van der Waals surface area (Å²) >= 11 is 1.38. The largest absolute Gasteiger partial charge is 0.462 e. The van der Waals surface area contributed by atoms with Crippen molar-refractivity contribution in [3.05, 3.63) is 70.2 Å². The van der Waals surface area contributed by atoms with Crippen molar-refractivity contribution in [2.24, 2.45) is 0 Å². The number of amides is 1. The second-order valence-corrected chi connectivity index (χ2v) is 7.68. The lowest BCUT2D eigenvalue weighted by Crippen LogP contribution is -2.32. The Kier molecular flexibility index (Phi) is 4.96. The molecule has 28 heavy (non-hydrogen) atoms. The Morgan fingerprint density at radius 1 is 1.21 bits per heavy atom. The quantitative estimate of drug-likeness (QED) is 0.616. The second kappa shape index (κ2) is 7.56. The highest BCUT2D eigenvalue weighted by atomic mass is 32.1. The maximum atomic E-state index is 13.2. The fraction of sp³-hybridized carbons (Fsp3) is 0.227. The molecule has 0 saturated heterocycles. The summed E-state index contributed by atoms with van der Waals surface area (Å²) in [5.41, 5.74) is 4.29. The number of carbonyl (C=O) groups excluding carboxylic acids is 2. The number of fused-ring (bicyclic) bond motifs is 3. The number of carbonyl (C=O) groups is 2. The molecule has 0 bridgehead atoms. The van der Waals surface area contributed by atoms with Crippen LogP contribution >= 0.6 is 11.3 Å². The van der Waals surface area contributed by atoms with Gasteiger partial charge in [-0.25, -0.2) is 4.79 Å². The van der Waals surface area contributed by atoms with Crippen LogP contribution in [0.5, 0.6) is 0 Å². The molecule has 0 radical (unpaired) electrons. The van der Waals surface area contributed by atoms with Gasteiger partial charge in [-0.05, 0) is 56.2 Å². The van der Waals surface area contributed by atoms with Crippen molar-refractivity contribution in [3.8, 4) is 10.6 Å². The molecule has 4 rings (SSSR count). The summed E-state index contributed by atoms with van der Waals surface area (Å²) in [4.78, 5) is 33.2. The van der Waals surface area contributed by atoms with Gasteiger partial charge in [-0.15, -0.1) is 11.3 Å². The lowest BCUT2D eigenvalue weighted by atomic mass is 10.1. The smallest absolute Gasteiger partial charge is 0.348 e. The lowest BCUT2D eigenvalue weighted by molar-refractivity contribution is 0.0532. The summed E-state index contributed by atoms with van der Waals surface area (Å²) in [6, 6.07) is 13.2. The normalized spacial score (nSPS) is 12.7. The average molecular weight is 392 g/mol. The molecule has 0 N–H and O–H groups in total. The highest BCUT2D eigenvalue weighted by Gasteiger charge is 2.28. The fourth-order valence-electron chi connectivity index (χ4n) is 3.32. The van der Waals surface area contributed by atoms with Crippen LogP contribution in [0.3, 0.4) is 0 Å². The van der Waals surface area contributed by atoms with Gasteiger partial charge in [-0.2, -0.15) is 0 Å². The van der Waals surface area contributed by atoms with Gasteiger partial charge >= 0.3 is 5.97 Å². The molecule has 6 heteroatoms. The minimum atomic E-state index is -0.314. The molecule has 1 aromatic carbocycles. The van der Waals surface area contributed by atoms with Gasteiger partial charge < -0.3 is 9.64 Å². The molecule has 5 nitrogen and oxygen atoms in total. The van der Waals surface area contributed by atoms with Crippen LogP contribution in [0, 0.1) is 6.92 Å². The van der Waals surface area contributed by atoms with Crippen molar-refractivity contribution >= 4 is 28.9 Å². The van der Waals surface area contributed by atoms with E-state index < -0.39 is 0 Å². The Hall–Kier alpha value is -2.99. The molecule has 0 spiro atoms. The maximum Gasteiger partial charge on any atom is 0.348 e. The number of benzene rings is 1. The summed E-state index contributed by atoms with van der Waals surface area (Å²) in [5, 5.41) is 0. The van der Waals surface area contributed by atoms with Gasteiger partial charge in [0.2, 0.25) is 0 Å². The number of nitrogens with zero attached hydrogens (tertiary/aromatic N) is 2. The second-order valence-electron chi connectivity index (χ2n) is 6.63. The first-order chi connectivity index (χ1) is 13.6. The number of esters is 1. The topological polar surface area (TPSA) is 59.5 Å². The SMILES string of the molecule is CCOC(=O)c1cc2c(s1)-c1ncccc1N(C(=O)c1ccc(C)cc1)CC2. The van der Waals surface area contributed by atoms with E-state index in [1.165, 1.54) is 11.3 Å². The van der Waals surface area contributed by atoms with E-state index in [1.807, 2.05) is 49.4 Å². The predicted octanol–water partition coefficient (Wildman–Crippen LogP) is 4.50. The Morgan fingerprint density at radius 3 is 2.75 bits per heavy atom. The molecule has 3 heterocycles. The molecule has 0 unspecified atom stereocenters. The summed E-state index contributed by atoms with van der Waals surface area (Å²) < 4.78 is 5.14. The van der Waals surface area contributed by atoms with Crippen molar-refractivity contribution in [2.45, 2.75) is 20.3 Å². The first-order valence-corrected chi connectivity index (χ1v) is 10.0. The third kappa shape index (κ3) is 3.31. The van der Waals surface area contributed by atoms with Crippen molar-refractivity contribution in [1.82, 2.24) is 4.98 Å². The number of pyridine rings is 1. The molecular weight excluding hydrogens is 372 g/mol. The number of hydrogen-bond donors (Lipinski definition) is 0. The summed E-state index contributed by atoms with van der Waals surface area (Å²) in [6.07, 6.45) is 2.37. The predicted molar refractivity (Wildman–Crippen MR) is 110 cm³/mol. The van der Waals surface area contributed by atoms with Gasteiger partial charge in [-0.3, -0.25) is 9.78 Å². The number of aryl methyl sites for hydroxylation is 1. The fourth-order valence-corrected chi connectivity index (χ4v) is 4.43. The third-order valence-electron chi connectivity index (χ3n) is 4.73. The van der Waals surface area contributed by atoms with E-state index in [1.54, 1.807) is 18.0 Å². The minimum Gasteiger partial charge on any atom is -0.462 e. The standard InChI is InChI=1S/C22H20N2O3S/c1-3-27-22(26)18-13-16-10-12-24(21(25)15-8-6-14(2)7-9-15)17-5-4-11-23-19(17)20(16)28-18/h4-9,11,13H,3,10,12H2,1-2H3. The highest BCUT2D eigenvalue weighted by Crippen LogP contribution is 2.40. The van der Waals surface area contributed by atoms with Crippen LogP contribution in [0.2, 0.25) is 0 Å². The van der Waals surface area contributed by atoms with Crippen LogP contribution < -0.4 is 4.90 Å². The molecular formula is C22H20N2O3S. The van der Waals surface area contributed by atoms with Crippen molar-refractivity contribution in [1.29, 1.82) is 0 Å². The van der Waals surface area contributed by atoms with Gasteiger partial charge in [0.05, 0.1) is 17.2 Å². The van der Waals surface area contributed by atoms with E-state index in [0.717, 1.165) is 27.4 Å². The zero-order valence-corrected chi connectivity index (χ0v) is 16.6. The molecule has 3 aromatic rings. The van der Waals surface area contributed by atoms with E-state index in [2.05, 4.69) is 4.98 Å². The van der Waals surface area contributed by atoms with Crippen LogP contribution in [0.15, 0.2) is 48.7 Å². The summed E-state index contributed by atoms with van der Waals surface area (Å²) in [7, 11) is 0. The van der Waals surface area contributed by atoms with Crippen molar-refractivity contribution in [2.75, 3.05) is 18.1 Å². The Bertz CT molecular complexity index is 1040. The van der Waals surface area contributed by atoms with E-state index in [9.17, 15) is 9.59 Å². The molecule has 2 aromatic heterocycles. The van der Waals surface area contributed by atoms with E-state index in [0.29, 0.717) is 30.0 Å². The van der Waals surface area contributed by atoms with E-state index in [-0.39, 0.29) is 11.9 Å². The van der Waals surface area contributed by atoms with Crippen molar-refractivity contribution in [3.63, 3.8) is 0 Å². The van der Waals surface area contributed by atoms with Gasteiger partial charge in [0.25, 0.3) is 5.91 Å².